The first kappa shape index (κ1) is 22.0. The highest BCUT2D eigenvalue weighted by molar-refractivity contribution is 5.81. The van der Waals surface area contributed by atoms with Gasteiger partial charge in [-0.2, -0.15) is 13.2 Å². The van der Waals surface area contributed by atoms with Crippen LogP contribution in [0, 0.1) is 5.92 Å². The first-order valence-corrected chi connectivity index (χ1v) is 10.1. The highest BCUT2D eigenvalue weighted by Gasteiger charge is 2.38. The molecule has 7 heteroatoms. The predicted octanol–water partition coefficient (Wildman–Crippen LogP) is 5.61. The first-order chi connectivity index (χ1) is 14.3. The summed E-state index contributed by atoms with van der Waals surface area (Å²) in [5.41, 5.74) is 2.43. The molecule has 2 atom stereocenters. The Morgan fingerprint density at radius 1 is 1.10 bits per heavy atom. The van der Waals surface area contributed by atoms with Crippen molar-refractivity contribution in [3.05, 3.63) is 53.6 Å². The molecule has 2 aromatic carbocycles. The summed E-state index contributed by atoms with van der Waals surface area (Å²) < 4.78 is 48.0. The van der Waals surface area contributed by atoms with Crippen LogP contribution in [-0.4, -0.2) is 25.7 Å². The van der Waals surface area contributed by atoms with Crippen LogP contribution in [0.4, 0.5) is 13.2 Å². The molecule has 0 bridgehead atoms. The molecule has 0 saturated heterocycles. The number of aryl methyl sites for hydroxylation is 1. The number of alkyl halides is 3. The molecule has 1 unspecified atom stereocenters. The Labute approximate surface area is 174 Å². The van der Waals surface area contributed by atoms with Gasteiger partial charge in [0.2, 0.25) is 0 Å². The van der Waals surface area contributed by atoms with Crippen LogP contribution < -0.4 is 14.8 Å². The van der Waals surface area contributed by atoms with Crippen molar-refractivity contribution in [2.45, 2.75) is 44.7 Å². The monoisotopic (exact) mass is 421 g/mol. The molecule has 1 N–H and O–H groups in total. The maximum Gasteiger partial charge on any atom is 0.471 e. The number of amides is 1. The summed E-state index contributed by atoms with van der Waals surface area (Å²) in [6, 6.07) is 13.4. The van der Waals surface area contributed by atoms with Crippen molar-refractivity contribution in [1.82, 2.24) is 5.32 Å². The number of carbonyl (C=O) groups is 1. The van der Waals surface area contributed by atoms with Gasteiger partial charge in [-0.1, -0.05) is 13.0 Å². The minimum atomic E-state index is -4.83. The number of benzene rings is 2. The zero-order chi connectivity index (χ0) is 21.7. The fraction of sp³-hybridized carbons (Fsp3) is 0.435. The lowest BCUT2D eigenvalue weighted by Gasteiger charge is -2.32. The van der Waals surface area contributed by atoms with Crippen molar-refractivity contribution < 1.29 is 27.4 Å². The number of rotatable bonds is 7. The number of hydrogen-bond acceptors (Lipinski definition) is 3. The van der Waals surface area contributed by atoms with Crippen molar-refractivity contribution in [3.63, 3.8) is 0 Å². The van der Waals surface area contributed by atoms with Crippen LogP contribution in [0.25, 0.3) is 0 Å². The molecule has 1 amide bonds. The summed E-state index contributed by atoms with van der Waals surface area (Å²) in [5.74, 6) is 1.05. The Morgan fingerprint density at radius 3 is 2.43 bits per heavy atom. The average Bonchev–Trinajstić information content (AvgIpc) is 2.72. The molecule has 0 aromatic heterocycles. The van der Waals surface area contributed by atoms with Crippen LogP contribution in [0.2, 0.25) is 0 Å². The second-order valence-electron chi connectivity index (χ2n) is 7.66. The van der Waals surface area contributed by atoms with E-state index >= 15 is 0 Å². The zero-order valence-electron chi connectivity index (χ0n) is 17.1. The number of ether oxygens (including phenoxy) is 2. The third-order valence-corrected chi connectivity index (χ3v) is 5.60. The number of hydrogen-bond donors (Lipinski definition) is 1. The van der Waals surface area contributed by atoms with Crippen molar-refractivity contribution in [2.75, 3.05) is 13.7 Å². The summed E-state index contributed by atoms with van der Waals surface area (Å²) in [6.07, 6.45) is -1.65. The molecule has 1 aliphatic carbocycles. The van der Waals surface area contributed by atoms with E-state index in [0.29, 0.717) is 12.3 Å². The van der Waals surface area contributed by atoms with Gasteiger partial charge in [-0.05, 0) is 85.0 Å². The SMILES string of the molecule is COc1ccc(Oc2ccc3c(c2)CC[C@H](C)C3CCCNC(=O)C(F)(F)F)cc1. The minimum Gasteiger partial charge on any atom is -0.497 e. The van der Waals surface area contributed by atoms with E-state index in [1.54, 1.807) is 7.11 Å². The molecule has 162 valence electrons. The number of carbonyl (C=O) groups excluding carboxylic acids is 1. The maximum absolute atomic E-state index is 12.3. The van der Waals surface area contributed by atoms with Crippen molar-refractivity contribution in [1.29, 1.82) is 0 Å². The van der Waals surface area contributed by atoms with E-state index in [2.05, 4.69) is 13.0 Å². The fourth-order valence-electron chi connectivity index (χ4n) is 3.96. The summed E-state index contributed by atoms with van der Waals surface area (Å²) in [5, 5.41) is 1.95. The van der Waals surface area contributed by atoms with Crippen LogP contribution in [0.1, 0.15) is 43.2 Å². The highest BCUT2D eigenvalue weighted by Crippen LogP contribution is 2.40. The second kappa shape index (κ2) is 9.41. The fourth-order valence-corrected chi connectivity index (χ4v) is 3.96. The molecular formula is C23H26F3NO3. The van der Waals surface area contributed by atoms with Crippen molar-refractivity contribution >= 4 is 5.91 Å². The first-order valence-electron chi connectivity index (χ1n) is 10.1. The van der Waals surface area contributed by atoms with E-state index in [4.69, 9.17) is 9.47 Å². The predicted molar refractivity (Wildman–Crippen MR) is 108 cm³/mol. The van der Waals surface area contributed by atoms with Gasteiger partial charge in [0, 0.05) is 6.54 Å². The van der Waals surface area contributed by atoms with Crippen LogP contribution >= 0.6 is 0 Å². The van der Waals surface area contributed by atoms with Gasteiger partial charge in [0.1, 0.15) is 17.2 Å². The van der Waals surface area contributed by atoms with Crippen LogP contribution in [0.3, 0.4) is 0 Å². The largest absolute Gasteiger partial charge is 0.497 e. The quantitative estimate of drug-likeness (QED) is 0.591. The van der Waals surface area contributed by atoms with Gasteiger partial charge >= 0.3 is 12.1 Å². The number of halogens is 3. The standard InChI is InChI=1S/C23H26F3NO3/c1-15-5-6-16-14-19(30-18-9-7-17(29-2)8-10-18)11-12-21(16)20(15)4-3-13-27-22(28)23(24,25)26/h7-12,14-15,20H,3-6,13H2,1-2H3,(H,27,28)/t15-,20?/m0/s1. The highest BCUT2D eigenvalue weighted by atomic mass is 19.4. The summed E-state index contributed by atoms with van der Waals surface area (Å²) in [7, 11) is 1.61. The van der Waals surface area contributed by atoms with Gasteiger partial charge in [-0.15, -0.1) is 0 Å². The summed E-state index contributed by atoms with van der Waals surface area (Å²) in [4.78, 5) is 10.9. The summed E-state index contributed by atoms with van der Waals surface area (Å²) >= 11 is 0. The van der Waals surface area contributed by atoms with E-state index < -0.39 is 12.1 Å². The maximum atomic E-state index is 12.3. The van der Waals surface area contributed by atoms with E-state index in [1.807, 2.05) is 41.7 Å². The van der Waals surface area contributed by atoms with Crippen molar-refractivity contribution in [3.8, 4) is 17.2 Å². The Bertz CT molecular complexity index is 865. The Morgan fingerprint density at radius 2 is 1.77 bits per heavy atom. The molecule has 3 rings (SSSR count). The lowest BCUT2D eigenvalue weighted by molar-refractivity contribution is -0.173. The smallest absolute Gasteiger partial charge is 0.471 e. The second-order valence-corrected chi connectivity index (χ2v) is 7.66. The molecule has 0 fully saturated rings. The number of fused-ring (bicyclic) bond motifs is 1. The molecule has 0 saturated carbocycles. The Kier molecular flexibility index (Phi) is 6.90. The average molecular weight is 421 g/mol. The van der Waals surface area contributed by atoms with Gasteiger partial charge in [0.15, 0.2) is 0 Å². The van der Waals surface area contributed by atoms with Gasteiger partial charge in [-0.3, -0.25) is 4.79 Å². The van der Waals surface area contributed by atoms with Gasteiger partial charge in [-0.25, -0.2) is 0 Å². The van der Waals surface area contributed by atoms with Crippen LogP contribution in [0.15, 0.2) is 42.5 Å². The van der Waals surface area contributed by atoms with Crippen LogP contribution in [0.5, 0.6) is 17.2 Å². The molecule has 0 spiro atoms. The zero-order valence-corrected chi connectivity index (χ0v) is 17.1. The van der Waals surface area contributed by atoms with E-state index in [9.17, 15) is 18.0 Å². The van der Waals surface area contributed by atoms with Gasteiger partial charge in [0.05, 0.1) is 7.11 Å². The molecular weight excluding hydrogens is 395 g/mol. The van der Waals surface area contributed by atoms with E-state index in [-0.39, 0.29) is 12.5 Å². The van der Waals surface area contributed by atoms with Gasteiger partial charge in [0.25, 0.3) is 0 Å². The lowest BCUT2D eigenvalue weighted by Crippen LogP contribution is -2.37. The third kappa shape index (κ3) is 5.46. The van der Waals surface area contributed by atoms with E-state index in [1.165, 1.54) is 11.1 Å². The molecule has 0 aliphatic heterocycles. The number of methoxy groups -OCH3 is 1. The Balaban J connectivity index is 1.62. The third-order valence-electron chi connectivity index (χ3n) is 5.60. The minimum absolute atomic E-state index is 0.0234. The lowest BCUT2D eigenvalue weighted by atomic mass is 9.74. The Hall–Kier alpha value is -2.70. The van der Waals surface area contributed by atoms with Crippen molar-refractivity contribution in [2.24, 2.45) is 5.92 Å². The normalized spacial score (nSPS) is 18.4. The van der Waals surface area contributed by atoms with E-state index in [0.717, 1.165) is 36.5 Å². The molecule has 1 aliphatic rings. The summed E-state index contributed by atoms with van der Waals surface area (Å²) in [6.45, 7) is 2.19. The van der Waals surface area contributed by atoms with Gasteiger partial charge < -0.3 is 14.8 Å². The topological polar surface area (TPSA) is 47.6 Å². The number of nitrogens with one attached hydrogen (secondary N) is 1. The molecule has 4 nitrogen and oxygen atoms in total. The molecule has 0 heterocycles. The molecule has 30 heavy (non-hydrogen) atoms. The molecule has 0 radical (unpaired) electrons. The van der Waals surface area contributed by atoms with Crippen LogP contribution in [-0.2, 0) is 11.2 Å². The molecule has 2 aromatic rings.